The summed E-state index contributed by atoms with van der Waals surface area (Å²) >= 11 is 11.6. The number of nitrogens with zero attached hydrogens (tertiary/aromatic N) is 3. The molecule has 1 aromatic heterocycles. The van der Waals surface area contributed by atoms with E-state index in [-0.39, 0.29) is 0 Å². The fourth-order valence-electron chi connectivity index (χ4n) is 1.96. The van der Waals surface area contributed by atoms with Crippen LogP contribution < -0.4 is 10.1 Å². The molecule has 5 nitrogen and oxygen atoms in total. The molecule has 0 saturated heterocycles. The molecule has 2 rings (SSSR count). The minimum atomic E-state index is 0.535. The molecule has 7 heteroatoms. The zero-order chi connectivity index (χ0) is 16.1. The second kappa shape index (κ2) is 7.47. The first kappa shape index (κ1) is 16.6. The lowest BCUT2D eigenvalue weighted by Crippen LogP contribution is -2.31. The Balaban J connectivity index is 2.04. The number of hydrogen-bond donors (Lipinski definition) is 1. The molecule has 0 atom stereocenters. The normalized spacial score (nSPS) is 10.4. The summed E-state index contributed by atoms with van der Waals surface area (Å²) in [6, 6.07) is 7.63. The van der Waals surface area contributed by atoms with Gasteiger partial charge in [0.15, 0.2) is 5.11 Å². The van der Waals surface area contributed by atoms with E-state index in [2.05, 4.69) is 10.4 Å². The zero-order valence-electron chi connectivity index (χ0n) is 12.8. The second-order valence-corrected chi connectivity index (χ2v) is 5.56. The summed E-state index contributed by atoms with van der Waals surface area (Å²) < 4.78 is 7.11. The lowest BCUT2D eigenvalue weighted by Gasteiger charge is -2.21. The van der Waals surface area contributed by atoms with Gasteiger partial charge in [0, 0.05) is 19.8 Å². The molecule has 1 aromatic carbocycles. The third-order valence-electron chi connectivity index (χ3n) is 3.19. The number of anilines is 1. The summed E-state index contributed by atoms with van der Waals surface area (Å²) in [4.78, 5) is 1.88. The van der Waals surface area contributed by atoms with E-state index in [4.69, 9.17) is 28.6 Å². The number of aryl methyl sites for hydroxylation is 1. The highest BCUT2D eigenvalue weighted by molar-refractivity contribution is 7.80. The maximum atomic E-state index is 6.19. The monoisotopic (exact) mass is 338 g/mol. The maximum Gasteiger partial charge on any atom is 0.173 e. The molecular formula is C15H19ClN4OS. The van der Waals surface area contributed by atoms with Gasteiger partial charge in [-0.1, -0.05) is 23.7 Å². The first-order chi connectivity index (χ1) is 10.5. The number of benzene rings is 1. The molecule has 2 aromatic rings. The minimum absolute atomic E-state index is 0.535. The number of halogens is 1. The Morgan fingerprint density at radius 1 is 1.45 bits per heavy atom. The van der Waals surface area contributed by atoms with Crippen molar-refractivity contribution in [3.8, 4) is 5.75 Å². The predicted octanol–water partition coefficient (Wildman–Crippen LogP) is 3.39. The molecule has 0 fully saturated rings. The largest absolute Gasteiger partial charge is 0.495 e. The molecule has 0 unspecified atom stereocenters. The van der Waals surface area contributed by atoms with Crippen LogP contribution in [0.25, 0.3) is 0 Å². The van der Waals surface area contributed by atoms with E-state index in [0.717, 1.165) is 23.7 Å². The molecule has 0 saturated carbocycles. The van der Waals surface area contributed by atoms with Gasteiger partial charge >= 0.3 is 0 Å². The van der Waals surface area contributed by atoms with Crippen LogP contribution in [0.15, 0.2) is 30.5 Å². The van der Waals surface area contributed by atoms with Crippen molar-refractivity contribution in [3.05, 3.63) is 41.2 Å². The Labute approximate surface area is 140 Å². The average molecular weight is 339 g/mol. The smallest absolute Gasteiger partial charge is 0.173 e. The number of aromatic nitrogens is 2. The van der Waals surface area contributed by atoms with Crippen molar-refractivity contribution in [2.45, 2.75) is 20.0 Å². The van der Waals surface area contributed by atoms with Gasteiger partial charge in [0.05, 0.1) is 24.4 Å². The SMILES string of the molecule is CCn1cc(Cl)c(CN(C)C(=S)Nc2ccccc2OC)n1. The Morgan fingerprint density at radius 3 is 2.82 bits per heavy atom. The number of thiocarbonyl (C=S) groups is 1. The number of methoxy groups -OCH3 is 1. The van der Waals surface area contributed by atoms with Gasteiger partial charge in [-0.3, -0.25) is 4.68 Å². The summed E-state index contributed by atoms with van der Waals surface area (Å²) in [5, 5.41) is 8.82. The van der Waals surface area contributed by atoms with Gasteiger partial charge in [-0.2, -0.15) is 5.10 Å². The van der Waals surface area contributed by atoms with E-state index in [1.165, 1.54) is 0 Å². The molecular weight excluding hydrogens is 320 g/mol. The average Bonchev–Trinajstić information content (AvgIpc) is 2.88. The first-order valence-electron chi connectivity index (χ1n) is 6.92. The van der Waals surface area contributed by atoms with Gasteiger partial charge in [0.25, 0.3) is 0 Å². The summed E-state index contributed by atoms with van der Waals surface area (Å²) in [6.07, 6.45) is 1.82. The zero-order valence-corrected chi connectivity index (χ0v) is 14.4. The van der Waals surface area contributed by atoms with Crippen molar-refractivity contribution in [1.29, 1.82) is 0 Å². The Kier molecular flexibility index (Phi) is 5.63. The van der Waals surface area contributed by atoms with Crippen molar-refractivity contribution in [2.75, 3.05) is 19.5 Å². The van der Waals surface area contributed by atoms with Crippen LogP contribution in [0.5, 0.6) is 5.75 Å². The lowest BCUT2D eigenvalue weighted by atomic mass is 10.3. The number of rotatable bonds is 5. The van der Waals surface area contributed by atoms with E-state index in [0.29, 0.717) is 16.7 Å². The molecule has 0 bridgehead atoms. The Morgan fingerprint density at radius 2 is 2.18 bits per heavy atom. The topological polar surface area (TPSA) is 42.3 Å². The highest BCUT2D eigenvalue weighted by Crippen LogP contribution is 2.23. The molecule has 0 aliphatic carbocycles. The van der Waals surface area contributed by atoms with Gasteiger partial charge < -0.3 is 15.0 Å². The number of para-hydroxylation sites is 2. The van der Waals surface area contributed by atoms with Crippen molar-refractivity contribution >= 4 is 34.6 Å². The molecule has 22 heavy (non-hydrogen) atoms. The summed E-state index contributed by atoms with van der Waals surface area (Å²) in [5.74, 6) is 0.742. The quantitative estimate of drug-likeness (QED) is 0.846. The Bertz CT molecular complexity index is 659. The van der Waals surface area contributed by atoms with Crippen LogP contribution in [0.4, 0.5) is 5.69 Å². The van der Waals surface area contributed by atoms with Crippen LogP contribution in [-0.4, -0.2) is 34.0 Å². The molecule has 1 heterocycles. The third kappa shape index (κ3) is 3.90. The molecule has 0 amide bonds. The highest BCUT2D eigenvalue weighted by atomic mass is 35.5. The van der Waals surface area contributed by atoms with Gasteiger partial charge in [0.2, 0.25) is 0 Å². The summed E-state index contributed by atoms with van der Waals surface area (Å²) in [5.41, 5.74) is 1.63. The molecule has 0 aliphatic heterocycles. The van der Waals surface area contributed by atoms with Gasteiger partial charge in [0.1, 0.15) is 11.4 Å². The number of hydrogen-bond acceptors (Lipinski definition) is 3. The highest BCUT2D eigenvalue weighted by Gasteiger charge is 2.13. The first-order valence-corrected chi connectivity index (χ1v) is 7.70. The van der Waals surface area contributed by atoms with Crippen molar-refractivity contribution in [2.24, 2.45) is 0 Å². The maximum absolute atomic E-state index is 6.19. The van der Waals surface area contributed by atoms with Crippen molar-refractivity contribution in [1.82, 2.24) is 14.7 Å². The predicted molar refractivity (Wildman–Crippen MR) is 93.6 cm³/mol. The number of ether oxygens (including phenoxy) is 1. The van der Waals surface area contributed by atoms with Crippen LogP contribution in [0.1, 0.15) is 12.6 Å². The van der Waals surface area contributed by atoms with Crippen molar-refractivity contribution < 1.29 is 4.74 Å². The van der Waals surface area contributed by atoms with E-state index in [9.17, 15) is 0 Å². The molecule has 118 valence electrons. The lowest BCUT2D eigenvalue weighted by molar-refractivity contribution is 0.416. The van der Waals surface area contributed by atoms with Gasteiger partial charge in [-0.25, -0.2) is 0 Å². The molecule has 0 spiro atoms. The minimum Gasteiger partial charge on any atom is -0.495 e. The summed E-state index contributed by atoms with van der Waals surface area (Å²) in [6.45, 7) is 3.34. The van der Waals surface area contributed by atoms with E-state index >= 15 is 0 Å². The van der Waals surface area contributed by atoms with Crippen LogP contribution in [0.3, 0.4) is 0 Å². The fourth-order valence-corrected chi connectivity index (χ4v) is 2.35. The van der Waals surface area contributed by atoms with Crippen LogP contribution >= 0.6 is 23.8 Å². The molecule has 0 radical (unpaired) electrons. The van der Waals surface area contributed by atoms with Crippen molar-refractivity contribution in [3.63, 3.8) is 0 Å². The van der Waals surface area contributed by atoms with Gasteiger partial charge in [-0.15, -0.1) is 0 Å². The number of nitrogens with one attached hydrogen (secondary N) is 1. The van der Waals surface area contributed by atoms with E-state index < -0.39 is 0 Å². The molecule has 1 N–H and O–H groups in total. The fraction of sp³-hybridized carbons (Fsp3) is 0.333. The summed E-state index contributed by atoms with van der Waals surface area (Å²) in [7, 11) is 3.52. The van der Waals surface area contributed by atoms with E-state index in [1.54, 1.807) is 7.11 Å². The van der Waals surface area contributed by atoms with Crippen LogP contribution in [0, 0.1) is 0 Å². The standard InChI is InChI=1S/C15H19ClN4OS/c1-4-20-9-11(16)13(18-20)10-19(2)15(22)17-12-7-5-6-8-14(12)21-3/h5-9H,4,10H2,1-3H3,(H,17,22). The van der Waals surface area contributed by atoms with Crippen LogP contribution in [0.2, 0.25) is 5.02 Å². The van der Waals surface area contributed by atoms with E-state index in [1.807, 2.05) is 54.0 Å². The molecule has 0 aliphatic rings. The second-order valence-electron chi connectivity index (χ2n) is 4.77. The van der Waals surface area contributed by atoms with Gasteiger partial charge in [-0.05, 0) is 31.3 Å². The Hall–Kier alpha value is -1.79. The third-order valence-corrected chi connectivity index (χ3v) is 3.92. The van der Waals surface area contributed by atoms with Crippen LogP contribution in [-0.2, 0) is 13.1 Å².